The molecule has 7 heteroatoms. The lowest BCUT2D eigenvalue weighted by atomic mass is 9.87. The number of carbonyl (C=O) groups excluding carboxylic acids is 2. The van der Waals surface area contributed by atoms with Crippen molar-refractivity contribution in [3.63, 3.8) is 0 Å². The van der Waals surface area contributed by atoms with E-state index in [1.807, 2.05) is 86.6 Å². The van der Waals surface area contributed by atoms with Gasteiger partial charge in [0.1, 0.15) is 17.5 Å². The van der Waals surface area contributed by atoms with Gasteiger partial charge < -0.3 is 19.7 Å². The third-order valence-electron chi connectivity index (χ3n) is 6.34. The number of nitrogens with zero attached hydrogens (tertiary/aromatic N) is 1. The highest BCUT2D eigenvalue weighted by atomic mass is 79.9. The minimum Gasteiger partial charge on any atom is -0.497 e. The Morgan fingerprint density at radius 3 is 2.26 bits per heavy atom. The second-order valence-corrected chi connectivity index (χ2v) is 11.8. The molecule has 0 bridgehead atoms. The Hall–Kier alpha value is -3.32. The van der Waals surface area contributed by atoms with Gasteiger partial charge in [0.2, 0.25) is 5.91 Å². The number of nitrogens with one attached hydrogen (secondary N) is 1. The Kier molecular flexibility index (Phi) is 10.6. The van der Waals surface area contributed by atoms with E-state index < -0.39 is 6.04 Å². The van der Waals surface area contributed by atoms with Gasteiger partial charge in [0, 0.05) is 19.0 Å². The van der Waals surface area contributed by atoms with Crippen LogP contribution in [0.15, 0.2) is 77.3 Å². The van der Waals surface area contributed by atoms with E-state index in [2.05, 4.69) is 42.0 Å². The maximum atomic E-state index is 13.8. The maximum Gasteiger partial charge on any atom is 0.261 e. The van der Waals surface area contributed by atoms with Crippen molar-refractivity contribution in [1.29, 1.82) is 0 Å². The summed E-state index contributed by atoms with van der Waals surface area (Å²) in [6.07, 6.45) is 0.374. The Balaban J connectivity index is 1.92. The number of amides is 2. The highest BCUT2D eigenvalue weighted by molar-refractivity contribution is 9.10. The molecule has 0 spiro atoms. The van der Waals surface area contributed by atoms with Crippen LogP contribution in [0.4, 0.5) is 0 Å². The van der Waals surface area contributed by atoms with Crippen LogP contribution in [0.1, 0.15) is 51.3 Å². The molecule has 0 heterocycles. The molecule has 0 unspecified atom stereocenters. The van der Waals surface area contributed by atoms with Crippen LogP contribution in [-0.4, -0.2) is 42.5 Å². The van der Waals surface area contributed by atoms with Crippen LogP contribution in [0.25, 0.3) is 0 Å². The smallest absolute Gasteiger partial charge is 0.261 e. The second kappa shape index (κ2) is 13.7. The fraction of sp³-hybridized carbons (Fsp3) is 0.375. The number of benzene rings is 3. The number of carbonyl (C=O) groups is 2. The second-order valence-electron chi connectivity index (χ2n) is 10.9. The zero-order valence-corrected chi connectivity index (χ0v) is 25.2. The van der Waals surface area contributed by atoms with E-state index in [9.17, 15) is 9.59 Å². The fourth-order valence-electron chi connectivity index (χ4n) is 4.21. The molecule has 0 aliphatic heterocycles. The van der Waals surface area contributed by atoms with Gasteiger partial charge in [-0.25, -0.2) is 0 Å². The Morgan fingerprint density at radius 1 is 0.949 bits per heavy atom. The number of hydrogen-bond acceptors (Lipinski definition) is 4. The van der Waals surface area contributed by atoms with Crippen molar-refractivity contribution in [2.45, 2.75) is 65.1 Å². The van der Waals surface area contributed by atoms with Crippen LogP contribution in [0, 0.1) is 0 Å². The largest absolute Gasteiger partial charge is 0.497 e. The summed E-state index contributed by atoms with van der Waals surface area (Å²) < 4.78 is 12.2. The molecule has 39 heavy (non-hydrogen) atoms. The SMILES string of the molecule is COc1cccc(CN(C(=O)COc2ccc(C(C)(C)C)cc2Br)[C@H](Cc2ccccc2)C(=O)NC(C)C)c1. The van der Waals surface area contributed by atoms with Crippen molar-refractivity contribution < 1.29 is 19.1 Å². The molecule has 208 valence electrons. The molecule has 0 saturated carbocycles. The van der Waals surface area contributed by atoms with Crippen molar-refractivity contribution in [2.75, 3.05) is 13.7 Å². The Morgan fingerprint density at radius 2 is 1.64 bits per heavy atom. The summed E-state index contributed by atoms with van der Waals surface area (Å²) in [4.78, 5) is 28.9. The molecule has 1 atom stereocenters. The van der Waals surface area contributed by atoms with Crippen molar-refractivity contribution in [2.24, 2.45) is 0 Å². The van der Waals surface area contributed by atoms with Crippen LogP contribution < -0.4 is 14.8 Å². The van der Waals surface area contributed by atoms with Gasteiger partial charge in [-0.2, -0.15) is 0 Å². The number of halogens is 1. The molecule has 0 aromatic heterocycles. The molecule has 3 aromatic carbocycles. The number of ether oxygens (including phenoxy) is 2. The molecule has 3 rings (SSSR count). The number of rotatable bonds is 11. The van der Waals surface area contributed by atoms with E-state index >= 15 is 0 Å². The summed E-state index contributed by atoms with van der Waals surface area (Å²) >= 11 is 3.59. The minimum atomic E-state index is -0.733. The zero-order valence-electron chi connectivity index (χ0n) is 23.7. The first-order valence-electron chi connectivity index (χ1n) is 13.2. The van der Waals surface area contributed by atoms with Crippen LogP contribution in [0.3, 0.4) is 0 Å². The quantitative estimate of drug-likeness (QED) is 0.283. The number of hydrogen-bond donors (Lipinski definition) is 1. The first-order chi connectivity index (χ1) is 18.5. The molecule has 1 N–H and O–H groups in total. The van der Waals surface area contributed by atoms with E-state index in [1.165, 1.54) is 0 Å². The first kappa shape index (κ1) is 30.2. The van der Waals surface area contributed by atoms with Crippen molar-refractivity contribution in [3.05, 3.63) is 94.0 Å². The molecule has 0 radical (unpaired) electrons. The van der Waals surface area contributed by atoms with Gasteiger partial charge in [-0.1, -0.05) is 69.3 Å². The summed E-state index contributed by atoms with van der Waals surface area (Å²) in [6.45, 7) is 10.3. The monoisotopic (exact) mass is 594 g/mol. The Labute approximate surface area is 240 Å². The lowest BCUT2D eigenvalue weighted by molar-refractivity contribution is -0.143. The van der Waals surface area contributed by atoms with E-state index in [0.29, 0.717) is 17.9 Å². The van der Waals surface area contributed by atoms with Gasteiger partial charge in [0.15, 0.2) is 6.61 Å². The topological polar surface area (TPSA) is 67.9 Å². The molecular weight excluding hydrogens is 556 g/mol. The molecule has 2 amide bonds. The van der Waals surface area contributed by atoms with Crippen LogP contribution in [0.5, 0.6) is 11.5 Å². The highest BCUT2D eigenvalue weighted by Gasteiger charge is 2.31. The first-order valence-corrected chi connectivity index (χ1v) is 14.0. The van der Waals surface area contributed by atoms with Gasteiger partial charge in [-0.05, 0) is 76.1 Å². The van der Waals surface area contributed by atoms with Crippen molar-refractivity contribution in [1.82, 2.24) is 10.2 Å². The third kappa shape index (κ3) is 8.85. The third-order valence-corrected chi connectivity index (χ3v) is 6.96. The average molecular weight is 596 g/mol. The van der Waals surface area contributed by atoms with Gasteiger partial charge in [0.05, 0.1) is 11.6 Å². The fourth-order valence-corrected chi connectivity index (χ4v) is 4.70. The number of methoxy groups -OCH3 is 1. The molecule has 0 aliphatic rings. The van der Waals surface area contributed by atoms with Crippen molar-refractivity contribution in [3.8, 4) is 11.5 Å². The van der Waals surface area contributed by atoms with Crippen LogP contribution in [-0.2, 0) is 28.0 Å². The predicted molar refractivity (Wildman–Crippen MR) is 159 cm³/mol. The van der Waals surface area contributed by atoms with Crippen molar-refractivity contribution >= 4 is 27.7 Å². The lowest BCUT2D eigenvalue weighted by Crippen LogP contribution is -2.52. The summed E-state index contributed by atoms with van der Waals surface area (Å²) in [5.74, 6) is 0.763. The average Bonchev–Trinajstić information content (AvgIpc) is 2.89. The predicted octanol–water partition coefficient (Wildman–Crippen LogP) is 6.30. The molecule has 0 aliphatic carbocycles. The van der Waals surface area contributed by atoms with Gasteiger partial charge in [-0.3, -0.25) is 9.59 Å². The minimum absolute atomic E-state index is 0.0150. The lowest BCUT2D eigenvalue weighted by Gasteiger charge is -2.32. The zero-order chi connectivity index (χ0) is 28.6. The van der Waals surface area contributed by atoms with E-state index in [-0.39, 0.29) is 36.4 Å². The van der Waals surface area contributed by atoms with E-state index in [1.54, 1.807) is 12.0 Å². The van der Waals surface area contributed by atoms with E-state index in [4.69, 9.17) is 9.47 Å². The van der Waals surface area contributed by atoms with Gasteiger partial charge in [-0.15, -0.1) is 0 Å². The Bertz CT molecular complexity index is 1250. The summed E-state index contributed by atoms with van der Waals surface area (Å²) in [5, 5.41) is 3.00. The van der Waals surface area contributed by atoms with Crippen LogP contribution in [0.2, 0.25) is 0 Å². The van der Waals surface area contributed by atoms with E-state index in [0.717, 1.165) is 21.2 Å². The molecule has 3 aromatic rings. The molecule has 6 nitrogen and oxygen atoms in total. The normalized spacial score (nSPS) is 12.1. The highest BCUT2D eigenvalue weighted by Crippen LogP contribution is 2.31. The van der Waals surface area contributed by atoms with Crippen LogP contribution >= 0.6 is 15.9 Å². The summed E-state index contributed by atoms with van der Waals surface area (Å²) in [6, 6.07) is 22.4. The molecule has 0 saturated heterocycles. The molecular formula is C32H39BrN2O4. The van der Waals surface area contributed by atoms with Gasteiger partial charge >= 0.3 is 0 Å². The summed E-state index contributed by atoms with van der Waals surface area (Å²) in [5.41, 5.74) is 2.96. The van der Waals surface area contributed by atoms with Gasteiger partial charge in [0.25, 0.3) is 5.91 Å². The standard InChI is InChI=1S/C32H39BrN2O4/c1-22(2)34-31(37)28(18-23-11-8-7-9-12-23)35(20-24-13-10-14-26(17-24)38-6)30(36)21-39-29-16-15-25(19-27(29)33)32(3,4)5/h7-17,19,22,28H,18,20-21H2,1-6H3,(H,34,37)/t28-/m1/s1. The summed E-state index contributed by atoms with van der Waals surface area (Å²) in [7, 11) is 1.60. The molecule has 0 fully saturated rings. The maximum absolute atomic E-state index is 13.8.